The first kappa shape index (κ1) is 30.2. The molecular weight excluding hydrogens is 534 g/mol. The zero-order chi connectivity index (χ0) is 28.9. The van der Waals surface area contributed by atoms with Gasteiger partial charge in [0.2, 0.25) is 11.8 Å². The number of aryl methyl sites for hydroxylation is 3. The number of hydrogen-bond donors (Lipinski definition) is 1. The molecule has 1 N–H and O–H groups in total. The normalized spacial score (nSPS) is 12.2. The Morgan fingerprint density at radius 2 is 1.51 bits per heavy atom. The Kier molecular flexibility index (Phi) is 9.80. The van der Waals surface area contributed by atoms with Crippen LogP contribution in [-0.4, -0.2) is 43.8 Å². The summed E-state index contributed by atoms with van der Waals surface area (Å²) in [5, 5.41) is 3.29. The third kappa shape index (κ3) is 7.40. The topological polar surface area (TPSA) is 86.8 Å². The average Bonchev–Trinajstić information content (AvgIpc) is 2.86. The lowest BCUT2D eigenvalue weighted by Crippen LogP contribution is -2.52. The quantitative estimate of drug-likeness (QED) is 0.354. The van der Waals surface area contributed by atoms with Crippen LogP contribution in [0.5, 0.6) is 0 Å². The van der Waals surface area contributed by atoms with Crippen molar-refractivity contribution in [1.82, 2.24) is 10.2 Å². The van der Waals surface area contributed by atoms with Gasteiger partial charge in [-0.15, -0.1) is 0 Å². The highest BCUT2D eigenvalue weighted by Crippen LogP contribution is 2.29. The van der Waals surface area contributed by atoms with Crippen molar-refractivity contribution in [3.63, 3.8) is 0 Å². The SMILES string of the molecule is Cc1ccc(S(=O)(=O)N(CC(=O)N(Cc2ccccc2Cl)[C@H](C)C(=O)NC(C)C)c2ccc(C)cc2C)cc1. The monoisotopic (exact) mass is 569 g/mol. The standard InChI is InChI=1S/C30H36ClN3O4S/c1-20(2)32-30(36)24(6)33(18-25-9-7-8-10-27(25)31)29(35)19-34(28-16-13-22(4)17-23(28)5)39(37,38)26-14-11-21(3)12-15-26/h7-17,20,24H,18-19H2,1-6H3,(H,32,36)/t24-/m1/s1. The highest BCUT2D eigenvalue weighted by molar-refractivity contribution is 7.92. The minimum atomic E-state index is -4.12. The maximum absolute atomic E-state index is 14.0. The summed E-state index contributed by atoms with van der Waals surface area (Å²) >= 11 is 6.40. The van der Waals surface area contributed by atoms with Crippen molar-refractivity contribution >= 4 is 39.1 Å². The average molecular weight is 570 g/mol. The smallest absolute Gasteiger partial charge is 0.264 e. The maximum Gasteiger partial charge on any atom is 0.264 e. The molecule has 2 amide bonds. The van der Waals surface area contributed by atoms with Gasteiger partial charge in [0.1, 0.15) is 12.6 Å². The Balaban J connectivity index is 2.08. The summed E-state index contributed by atoms with van der Waals surface area (Å²) in [6, 6.07) is 18.0. The van der Waals surface area contributed by atoms with Gasteiger partial charge in [-0.1, -0.05) is 65.2 Å². The molecule has 0 aromatic heterocycles. The van der Waals surface area contributed by atoms with Gasteiger partial charge in [0.05, 0.1) is 10.6 Å². The fourth-order valence-corrected chi connectivity index (χ4v) is 5.91. The first-order valence-electron chi connectivity index (χ1n) is 12.8. The van der Waals surface area contributed by atoms with Crippen LogP contribution in [0.1, 0.15) is 43.0 Å². The molecule has 0 saturated carbocycles. The van der Waals surface area contributed by atoms with Crippen molar-refractivity contribution in [2.45, 2.75) is 65.1 Å². The number of rotatable bonds is 10. The molecule has 1 atom stereocenters. The van der Waals surface area contributed by atoms with Gasteiger partial charge < -0.3 is 10.2 Å². The lowest BCUT2D eigenvalue weighted by Gasteiger charge is -2.33. The van der Waals surface area contributed by atoms with Crippen LogP contribution in [0.3, 0.4) is 0 Å². The molecule has 0 fully saturated rings. The number of carbonyl (C=O) groups excluding carboxylic acids is 2. The van der Waals surface area contributed by atoms with Crippen LogP contribution in [0, 0.1) is 20.8 Å². The van der Waals surface area contributed by atoms with Crippen LogP contribution >= 0.6 is 11.6 Å². The van der Waals surface area contributed by atoms with Crippen LogP contribution in [0.25, 0.3) is 0 Å². The number of anilines is 1. The van der Waals surface area contributed by atoms with E-state index in [1.165, 1.54) is 17.0 Å². The van der Waals surface area contributed by atoms with Gasteiger partial charge >= 0.3 is 0 Å². The van der Waals surface area contributed by atoms with E-state index in [0.717, 1.165) is 15.4 Å². The van der Waals surface area contributed by atoms with Crippen molar-refractivity contribution in [2.24, 2.45) is 0 Å². The van der Waals surface area contributed by atoms with Gasteiger partial charge in [0.25, 0.3) is 10.0 Å². The Bertz CT molecular complexity index is 1440. The van der Waals surface area contributed by atoms with Crippen molar-refractivity contribution in [3.05, 3.63) is 94.0 Å². The Hall–Kier alpha value is -3.36. The van der Waals surface area contributed by atoms with Gasteiger partial charge in [0.15, 0.2) is 0 Å². The van der Waals surface area contributed by atoms with E-state index in [4.69, 9.17) is 11.6 Å². The van der Waals surface area contributed by atoms with Crippen molar-refractivity contribution < 1.29 is 18.0 Å². The molecule has 0 aliphatic rings. The molecule has 9 heteroatoms. The molecule has 3 rings (SSSR count). The molecule has 0 unspecified atom stereocenters. The fraction of sp³-hybridized carbons (Fsp3) is 0.333. The highest BCUT2D eigenvalue weighted by atomic mass is 35.5. The summed E-state index contributed by atoms with van der Waals surface area (Å²) in [6.45, 7) is 10.4. The fourth-order valence-electron chi connectivity index (χ4n) is 4.23. The Morgan fingerprint density at radius 1 is 0.897 bits per heavy atom. The van der Waals surface area contributed by atoms with Gasteiger partial charge in [-0.2, -0.15) is 0 Å². The molecule has 3 aromatic rings. The second-order valence-electron chi connectivity index (χ2n) is 10.1. The minimum Gasteiger partial charge on any atom is -0.352 e. The van der Waals surface area contributed by atoms with E-state index < -0.39 is 28.5 Å². The van der Waals surface area contributed by atoms with Gasteiger partial charge in [-0.05, 0) is 76.9 Å². The lowest BCUT2D eigenvalue weighted by atomic mass is 10.1. The predicted octanol–water partition coefficient (Wildman–Crippen LogP) is 5.40. The molecule has 0 spiro atoms. The summed E-state index contributed by atoms with van der Waals surface area (Å²) in [4.78, 5) is 28.4. The molecule has 208 valence electrons. The van der Waals surface area contributed by atoms with E-state index >= 15 is 0 Å². The zero-order valence-electron chi connectivity index (χ0n) is 23.2. The number of halogens is 1. The van der Waals surface area contributed by atoms with Crippen LogP contribution in [0.2, 0.25) is 5.02 Å². The van der Waals surface area contributed by atoms with Crippen LogP contribution in [-0.2, 0) is 26.2 Å². The summed E-state index contributed by atoms with van der Waals surface area (Å²) < 4.78 is 29.0. The molecule has 39 heavy (non-hydrogen) atoms. The third-order valence-electron chi connectivity index (χ3n) is 6.41. The first-order valence-corrected chi connectivity index (χ1v) is 14.6. The molecule has 0 bridgehead atoms. The summed E-state index contributed by atoms with van der Waals surface area (Å²) in [5.41, 5.74) is 3.64. The summed E-state index contributed by atoms with van der Waals surface area (Å²) in [7, 11) is -4.12. The third-order valence-corrected chi connectivity index (χ3v) is 8.55. The number of hydrogen-bond acceptors (Lipinski definition) is 4. The highest BCUT2D eigenvalue weighted by Gasteiger charge is 2.33. The number of nitrogens with zero attached hydrogens (tertiary/aromatic N) is 2. The number of carbonyl (C=O) groups is 2. The van der Waals surface area contributed by atoms with Crippen LogP contribution in [0.4, 0.5) is 5.69 Å². The second kappa shape index (κ2) is 12.7. The molecule has 3 aromatic carbocycles. The van der Waals surface area contributed by atoms with Crippen molar-refractivity contribution in [1.29, 1.82) is 0 Å². The molecule has 0 heterocycles. The largest absolute Gasteiger partial charge is 0.352 e. The number of amides is 2. The molecular formula is C30H36ClN3O4S. The van der Waals surface area contributed by atoms with E-state index in [1.54, 1.807) is 49.4 Å². The maximum atomic E-state index is 14.0. The number of benzene rings is 3. The van der Waals surface area contributed by atoms with Gasteiger partial charge in [0, 0.05) is 17.6 Å². The van der Waals surface area contributed by atoms with Crippen LogP contribution < -0.4 is 9.62 Å². The second-order valence-corrected chi connectivity index (χ2v) is 12.3. The predicted molar refractivity (Wildman–Crippen MR) is 156 cm³/mol. The lowest BCUT2D eigenvalue weighted by molar-refractivity contribution is -0.139. The Morgan fingerprint density at radius 3 is 2.10 bits per heavy atom. The molecule has 0 aliphatic heterocycles. The van der Waals surface area contributed by atoms with Crippen LogP contribution in [0.15, 0.2) is 71.6 Å². The Labute approximate surface area is 236 Å². The molecule has 0 aliphatic carbocycles. The molecule has 0 radical (unpaired) electrons. The van der Waals surface area contributed by atoms with E-state index in [2.05, 4.69) is 5.32 Å². The molecule has 7 nitrogen and oxygen atoms in total. The van der Waals surface area contributed by atoms with E-state index in [0.29, 0.717) is 21.8 Å². The van der Waals surface area contributed by atoms with E-state index in [-0.39, 0.29) is 23.4 Å². The first-order chi connectivity index (χ1) is 18.3. The van der Waals surface area contributed by atoms with E-state index in [1.807, 2.05) is 46.8 Å². The minimum absolute atomic E-state index is 0.0382. The van der Waals surface area contributed by atoms with Crippen molar-refractivity contribution in [2.75, 3.05) is 10.8 Å². The van der Waals surface area contributed by atoms with Crippen molar-refractivity contribution in [3.8, 4) is 0 Å². The summed E-state index contributed by atoms with van der Waals surface area (Å²) in [6.07, 6.45) is 0. The zero-order valence-corrected chi connectivity index (χ0v) is 24.8. The van der Waals surface area contributed by atoms with E-state index in [9.17, 15) is 18.0 Å². The summed E-state index contributed by atoms with van der Waals surface area (Å²) in [5.74, 6) is -0.873. The van der Waals surface area contributed by atoms with Gasteiger partial charge in [-0.25, -0.2) is 8.42 Å². The molecule has 0 saturated heterocycles. The van der Waals surface area contributed by atoms with Gasteiger partial charge in [-0.3, -0.25) is 13.9 Å². The number of nitrogens with one attached hydrogen (secondary N) is 1. The number of sulfonamides is 1.